The number of likely N-dealkylation sites (tertiary alicyclic amines) is 1. The molecule has 2 aromatic rings. The summed E-state index contributed by atoms with van der Waals surface area (Å²) in [5.74, 6) is 2.11. The molecule has 0 bridgehead atoms. The first kappa shape index (κ1) is 21.0. The van der Waals surface area contributed by atoms with Gasteiger partial charge in [-0.05, 0) is 68.8 Å². The number of methoxy groups -OCH3 is 1. The summed E-state index contributed by atoms with van der Waals surface area (Å²) in [6, 6.07) is 9.54. The van der Waals surface area contributed by atoms with Gasteiger partial charge in [0.05, 0.1) is 26.0 Å². The molecule has 6 nitrogen and oxygen atoms in total. The maximum Gasteiger partial charge on any atom is 0.244 e. The summed E-state index contributed by atoms with van der Waals surface area (Å²) in [4.78, 5) is 14.8. The molecule has 1 amide bonds. The molecule has 29 heavy (non-hydrogen) atoms. The summed E-state index contributed by atoms with van der Waals surface area (Å²) in [5, 5.41) is 3.02. The quantitative estimate of drug-likeness (QED) is 0.646. The highest BCUT2D eigenvalue weighted by Crippen LogP contribution is 2.28. The fraction of sp³-hybridized carbons (Fsp3) is 0.435. The van der Waals surface area contributed by atoms with E-state index in [1.807, 2.05) is 37.3 Å². The normalized spacial score (nSPS) is 15.9. The molecule has 1 fully saturated rings. The van der Waals surface area contributed by atoms with E-state index in [-0.39, 0.29) is 11.9 Å². The van der Waals surface area contributed by atoms with Crippen LogP contribution >= 0.6 is 0 Å². The van der Waals surface area contributed by atoms with E-state index < -0.39 is 0 Å². The van der Waals surface area contributed by atoms with Gasteiger partial charge in [-0.15, -0.1) is 0 Å². The number of carbonyl (C=O) groups excluding carboxylic acids is 1. The molecule has 6 heteroatoms. The van der Waals surface area contributed by atoms with Crippen LogP contribution in [0.4, 0.5) is 0 Å². The second-order valence-electron chi connectivity index (χ2n) is 7.05. The number of hydrogen-bond donors (Lipinski definition) is 1. The summed E-state index contributed by atoms with van der Waals surface area (Å²) in [7, 11) is 1.60. The van der Waals surface area contributed by atoms with E-state index >= 15 is 0 Å². The van der Waals surface area contributed by atoms with Gasteiger partial charge in [-0.25, -0.2) is 0 Å². The van der Waals surface area contributed by atoms with Crippen molar-refractivity contribution < 1.29 is 18.7 Å². The van der Waals surface area contributed by atoms with Crippen molar-refractivity contribution >= 4 is 12.0 Å². The lowest BCUT2D eigenvalue weighted by Gasteiger charge is -2.33. The Morgan fingerprint density at radius 1 is 1.24 bits per heavy atom. The predicted molar refractivity (Wildman–Crippen MR) is 113 cm³/mol. The minimum absolute atomic E-state index is 0.0632. The van der Waals surface area contributed by atoms with Crippen molar-refractivity contribution in [2.45, 2.75) is 32.2 Å². The molecule has 1 unspecified atom stereocenters. The molecule has 2 heterocycles. The molecule has 1 atom stereocenters. The molecule has 156 valence electrons. The zero-order valence-electron chi connectivity index (χ0n) is 17.2. The number of ether oxygens (including phenoxy) is 2. The molecule has 0 spiro atoms. The number of piperidine rings is 1. The summed E-state index contributed by atoms with van der Waals surface area (Å²) in [6.07, 6.45) is 8.64. The Labute approximate surface area is 172 Å². The number of amides is 1. The number of nitrogens with one attached hydrogen (secondary N) is 1. The lowest BCUT2D eigenvalue weighted by atomic mass is 10.1. The van der Waals surface area contributed by atoms with Crippen molar-refractivity contribution in [3.8, 4) is 11.5 Å². The van der Waals surface area contributed by atoms with Gasteiger partial charge in [-0.3, -0.25) is 9.69 Å². The summed E-state index contributed by atoms with van der Waals surface area (Å²) < 4.78 is 16.5. The zero-order valence-corrected chi connectivity index (χ0v) is 17.2. The Bertz CT molecular complexity index is 795. The average Bonchev–Trinajstić information content (AvgIpc) is 3.28. The number of furan rings is 1. The SMILES string of the molecule is CCOc1ccc(C=CC(=O)NCC(c2ccco2)N2CCCCC2)cc1OC. The molecule has 0 saturated carbocycles. The summed E-state index contributed by atoms with van der Waals surface area (Å²) in [6.45, 7) is 5.08. The van der Waals surface area contributed by atoms with Crippen LogP contribution in [0.2, 0.25) is 0 Å². The fourth-order valence-corrected chi connectivity index (χ4v) is 3.61. The lowest BCUT2D eigenvalue weighted by molar-refractivity contribution is -0.116. The molecule has 0 radical (unpaired) electrons. The maximum atomic E-state index is 12.4. The van der Waals surface area contributed by atoms with Gasteiger partial charge in [0, 0.05) is 12.6 Å². The van der Waals surface area contributed by atoms with E-state index in [4.69, 9.17) is 13.9 Å². The summed E-state index contributed by atoms with van der Waals surface area (Å²) >= 11 is 0. The van der Waals surface area contributed by atoms with Crippen LogP contribution in [0, 0.1) is 0 Å². The standard InChI is InChI=1S/C23H30N2O4/c1-3-28-21-11-9-18(16-22(21)27-2)10-12-23(26)24-17-19(20-8-7-15-29-20)25-13-5-4-6-14-25/h7-12,15-16,19H,3-6,13-14,17H2,1-2H3,(H,24,26). The van der Waals surface area contributed by atoms with Gasteiger partial charge in [-0.2, -0.15) is 0 Å². The minimum Gasteiger partial charge on any atom is -0.493 e. The smallest absolute Gasteiger partial charge is 0.244 e. The third-order valence-corrected chi connectivity index (χ3v) is 5.09. The Morgan fingerprint density at radius 2 is 2.07 bits per heavy atom. The number of rotatable bonds is 9. The Morgan fingerprint density at radius 3 is 2.76 bits per heavy atom. The molecular weight excluding hydrogens is 368 g/mol. The van der Waals surface area contributed by atoms with E-state index in [1.165, 1.54) is 19.3 Å². The van der Waals surface area contributed by atoms with Crippen molar-refractivity contribution in [3.05, 3.63) is 54.0 Å². The van der Waals surface area contributed by atoms with Gasteiger partial charge in [-0.1, -0.05) is 12.5 Å². The maximum absolute atomic E-state index is 12.4. The monoisotopic (exact) mass is 398 g/mol. The van der Waals surface area contributed by atoms with Crippen molar-refractivity contribution in [1.82, 2.24) is 10.2 Å². The molecule has 1 saturated heterocycles. The first-order chi connectivity index (χ1) is 14.2. The van der Waals surface area contributed by atoms with Crippen molar-refractivity contribution in [1.29, 1.82) is 0 Å². The highest BCUT2D eigenvalue weighted by atomic mass is 16.5. The Balaban J connectivity index is 1.60. The Hall–Kier alpha value is -2.73. The van der Waals surface area contributed by atoms with Crippen molar-refractivity contribution in [2.75, 3.05) is 33.4 Å². The predicted octanol–water partition coefficient (Wildman–Crippen LogP) is 4.04. The number of hydrogen-bond acceptors (Lipinski definition) is 5. The number of carbonyl (C=O) groups is 1. The van der Waals surface area contributed by atoms with Crippen LogP contribution in [0.5, 0.6) is 11.5 Å². The van der Waals surface area contributed by atoms with Crippen LogP contribution < -0.4 is 14.8 Å². The second-order valence-corrected chi connectivity index (χ2v) is 7.05. The Kier molecular flexibility index (Phi) is 7.76. The van der Waals surface area contributed by atoms with E-state index in [1.54, 1.807) is 25.5 Å². The van der Waals surface area contributed by atoms with E-state index in [0.29, 0.717) is 24.7 Å². The van der Waals surface area contributed by atoms with Gasteiger partial charge < -0.3 is 19.2 Å². The van der Waals surface area contributed by atoms with Gasteiger partial charge in [0.15, 0.2) is 11.5 Å². The molecule has 0 aliphatic carbocycles. The molecular formula is C23H30N2O4. The van der Waals surface area contributed by atoms with E-state index in [9.17, 15) is 4.79 Å². The van der Waals surface area contributed by atoms with Crippen LogP contribution in [-0.2, 0) is 4.79 Å². The van der Waals surface area contributed by atoms with Crippen LogP contribution in [0.15, 0.2) is 47.1 Å². The summed E-state index contributed by atoms with van der Waals surface area (Å²) in [5.41, 5.74) is 0.874. The van der Waals surface area contributed by atoms with E-state index in [2.05, 4.69) is 10.2 Å². The fourth-order valence-electron chi connectivity index (χ4n) is 3.61. The van der Waals surface area contributed by atoms with Gasteiger partial charge in [0.2, 0.25) is 5.91 Å². The van der Waals surface area contributed by atoms with Crippen LogP contribution in [-0.4, -0.2) is 44.2 Å². The first-order valence-electron chi connectivity index (χ1n) is 10.3. The molecule has 1 aliphatic rings. The van der Waals surface area contributed by atoms with Crippen molar-refractivity contribution in [2.24, 2.45) is 0 Å². The highest BCUT2D eigenvalue weighted by Gasteiger charge is 2.24. The topological polar surface area (TPSA) is 63.9 Å². The largest absolute Gasteiger partial charge is 0.493 e. The molecule has 1 aliphatic heterocycles. The van der Waals surface area contributed by atoms with Crippen molar-refractivity contribution in [3.63, 3.8) is 0 Å². The number of nitrogens with zero attached hydrogens (tertiary/aromatic N) is 1. The first-order valence-corrected chi connectivity index (χ1v) is 10.3. The van der Waals surface area contributed by atoms with Gasteiger partial charge in [0.25, 0.3) is 0 Å². The zero-order chi connectivity index (χ0) is 20.5. The van der Waals surface area contributed by atoms with Crippen LogP contribution in [0.1, 0.15) is 43.6 Å². The molecule has 1 N–H and O–H groups in total. The van der Waals surface area contributed by atoms with Gasteiger partial charge >= 0.3 is 0 Å². The average molecular weight is 399 g/mol. The van der Waals surface area contributed by atoms with Gasteiger partial charge in [0.1, 0.15) is 5.76 Å². The highest BCUT2D eigenvalue weighted by molar-refractivity contribution is 5.91. The number of benzene rings is 1. The van der Waals surface area contributed by atoms with E-state index in [0.717, 1.165) is 24.4 Å². The lowest BCUT2D eigenvalue weighted by Crippen LogP contribution is -2.40. The van der Waals surface area contributed by atoms with Crippen LogP contribution in [0.3, 0.4) is 0 Å². The second kappa shape index (κ2) is 10.7. The third-order valence-electron chi connectivity index (χ3n) is 5.09. The molecule has 3 rings (SSSR count). The van der Waals surface area contributed by atoms with Crippen LogP contribution in [0.25, 0.3) is 6.08 Å². The molecule has 1 aromatic heterocycles. The third kappa shape index (κ3) is 5.87. The minimum atomic E-state index is -0.133. The molecule has 1 aromatic carbocycles.